The van der Waals surface area contributed by atoms with Gasteiger partial charge in [0.25, 0.3) is 0 Å². The van der Waals surface area contributed by atoms with Gasteiger partial charge < -0.3 is 14.7 Å². The van der Waals surface area contributed by atoms with Crippen molar-refractivity contribution in [2.45, 2.75) is 20.8 Å². The van der Waals surface area contributed by atoms with Crippen LogP contribution in [0.25, 0.3) is 38.8 Å². The van der Waals surface area contributed by atoms with Crippen LogP contribution in [0.3, 0.4) is 0 Å². The Morgan fingerprint density at radius 3 is 2.52 bits per heavy atom. The van der Waals surface area contributed by atoms with Crippen LogP contribution in [0.2, 0.25) is 0 Å². The van der Waals surface area contributed by atoms with Crippen LogP contribution in [-0.4, -0.2) is 15.3 Å². The number of carbonyl (C=O) groups excluding carboxylic acids is 1. The maximum atomic E-state index is 12.8. The van der Waals surface area contributed by atoms with Crippen LogP contribution in [0.15, 0.2) is 57.1 Å². The fourth-order valence-corrected chi connectivity index (χ4v) is 4.86. The molecule has 7 heteroatoms. The van der Waals surface area contributed by atoms with E-state index in [1.165, 1.54) is 11.3 Å². The molecule has 0 radical (unpaired) electrons. The Labute approximate surface area is 181 Å². The topological polar surface area (TPSA) is 91.1 Å². The monoisotopic (exact) mass is 429 g/mol. The van der Waals surface area contributed by atoms with E-state index in [1.54, 1.807) is 18.4 Å². The quantitative estimate of drug-likeness (QED) is 0.312. The summed E-state index contributed by atoms with van der Waals surface area (Å²) in [6.07, 6.45) is 0. The molecule has 154 valence electrons. The molecule has 5 aromatic rings. The van der Waals surface area contributed by atoms with Crippen molar-refractivity contribution in [1.82, 2.24) is 9.55 Å². The van der Waals surface area contributed by atoms with Gasteiger partial charge in [-0.25, -0.2) is 9.78 Å². The summed E-state index contributed by atoms with van der Waals surface area (Å²) in [5, 5.41) is 3.70. The van der Waals surface area contributed by atoms with Gasteiger partial charge in [0.1, 0.15) is 5.58 Å². The molecule has 5 rings (SSSR count). The van der Waals surface area contributed by atoms with Crippen molar-refractivity contribution in [3.8, 4) is 16.9 Å². The average Bonchev–Trinajstić information content (AvgIpc) is 3.27. The number of aryl methyl sites for hydroxylation is 1. The number of fused-ring (bicyclic) bond motifs is 2. The van der Waals surface area contributed by atoms with E-state index in [0.717, 1.165) is 33.2 Å². The number of hydrogen-bond donors (Lipinski definition) is 1. The molecule has 0 saturated heterocycles. The standard InChI is InChI=1S/C24H19N3O3S/c1-12-16-9-19-17(10-20(16)30-23(29)21(12)18-11-31-24(25)26-18)22(14(3)28)13(2)27(19)15-7-5-4-6-8-15/h4-11H,1-3H3,(H2,25,26). The van der Waals surface area contributed by atoms with E-state index in [9.17, 15) is 9.59 Å². The second-order valence-corrected chi connectivity index (χ2v) is 8.40. The molecule has 6 nitrogen and oxygen atoms in total. The number of rotatable bonds is 3. The molecule has 2 N–H and O–H groups in total. The van der Waals surface area contributed by atoms with Gasteiger partial charge in [-0.05, 0) is 50.6 Å². The third-order valence-corrected chi connectivity index (χ3v) is 6.31. The summed E-state index contributed by atoms with van der Waals surface area (Å²) in [4.78, 5) is 29.6. The Morgan fingerprint density at radius 1 is 1.13 bits per heavy atom. The van der Waals surface area contributed by atoms with Gasteiger partial charge in [0.05, 0.1) is 16.8 Å². The van der Waals surface area contributed by atoms with Crippen LogP contribution in [0.1, 0.15) is 28.5 Å². The molecule has 0 aliphatic carbocycles. The molecule has 0 fully saturated rings. The molecule has 3 aromatic heterocycles. The zero-order valence-corrected chi connectivity index (χ0v) is 18.0. The number of benzene rings is 2. The molecule has 2 aromatic carbocycles. The molecule has 0 aliphatic heterocycles. The highest BCUT2D eigenvalue weighted by molar-refractivity contribution is 7.13. The third kappa shape index (κ3) is 2.89. The van der Waals surface area contributed by atoms with Crippen LogP contribution in [-0.2, 0) is 0 Å². The largest absolute Gasteiger partial charge is 0.422 e. The van der Waals surface area contributed by atoms with Crippen molar-refractivity contribution in [1.29, 1.82) is 0 Å². The Bertz CT molecular complexity index is 1560. The summed E-state index contributed by atoms with van der Waals surface area (Å²) in [5.41, 5.74) is 10.7. The Morgan fingerprint density at radius 2 is 1.87 bits per heavy atom. The predicted octanol–water partition coefficient (Wildman–Crippen LogP) is 5.26. The van der Waals surface area contributed by atoms with Crippen LogP contribution in [0.5, 0.6) is 0 Å². The molecule has 0 bridgehead atoms. The van der Waals surface area contributed by atoms with E-state index in [-0.39, 0.29) is 5.78 Å². The Hall–Kier alpha value is -3.71. The number of anilines is 1. The van der Waals surface area contributed by atoms with Crippen molar-refractivity contribution in [2.24, 2.45) is 0 Å². The average molecular weight is 430 g/mol. The summed E-state index contributed by atoms with van der Waals surface area (Å²) in [5.74, 6) is -0.0369. The smallest absolute Gasteiger partial charge is 0.346 e. The predicted molar refractivity (Wildman–Crippen MR) is 124 cm³/mol. The molecule has 0 atom stereocenters. The fraction of sp³-hybridized carbons (Fsp3) is 0.125. The van der Waals surface area contributed by atoms with Gasteiger partial charge in [-0.3, -0.25) is 4.79 Å². The number of Topliss-reactive ketones (excluding diaryl/α,β-unsaturated/α-hetero) is 1. The maximum Gasteiger partial charge on any atom is 0.346 e. The van der Waals surface area contributed by atoms with Crippen molar-refractivity contribution >= 4 is 44.1 Å². The Balaban J connectivity index is 1.92. The lowest BCUT2D eigenvalue weighted by atomic mass is 10.0. The second-order valence-electron chi connectivity index (χ2n) is 7.51. The van der Waals surface area contributed by atoms with Crippen LogP contribution < -0.4 is 11.4 Å². The first-order valence-electron chi connectivity index (χ1n) is 9.77. The molecule has 0 aliphatic rings. The van der Waals surface area contributed by atoms with E-state index < -0.39 is 5.63 Å². The number of nitrogen functional groups attached to an aromatic ring is 1. The first-order valence-corrected chi connectivity index (χ1v) is 10.6. The Kier molecular flexibility index (Phi) is 4.30. The summed E-state index contributed by atoms with van der Waals surface area (Å²) < 4.78 is 7.75. The highest BCUT2D eigenvalue weighted by Gasteiger charge is 2.22. The number of nitrogens with two attached hydrogens (primary N) is 1. The van der Waals surface area contributed by atoms with Gasteiger partial charge in [-0.2, -0.15) is 0 Å². The van der Waals surface area contributed by atoms with Gasteiger partial charge in [-0.1, -0.05) is 18.2 Å². The first-order chi connectivity index (χ1) is 14.9. The van der Waals surface area contributed by atoms with E-state index in [0.29, 0.717) is 27.5 Å². The van der Waals surface area contributed by atoms with Gasteiger partial charge in [0, 0.05) is 33.1 Å². The second kappa shape index (κ2) is 6.92. The number of hydrogen-bond acceptors (Lipinski definition) is 6. The van der Waals surface area contributed by atoms with Crippen molar-refractivity contribution in [3.05, 3.63) is 75.1 Å². The zero-order valence-electron chi connectivity index (χ0n) is 17.2. The van der Waals surface area contributed by atoms with Gasteiger partial charge in [-0.15, -0.1) is 11.3 Å². The highest BCUT2D eigenvalue weighted by Crippen LogP contribution is 2.35. The summed E-state index contributed by atoms with van der Waals surface area (Å²) in [6, 6.07) is 13.7. The minimum Gasteiger partial charge on any atom is -0.422 e. The molecule has 3 heterocycles. The van der Waals surface area contributed by atoms with Gasteiger partial charge in [0.15, 0.2) is 10.9 Å². The van der Waals surface area contributed by atoms with E-state index in [2.05, 4.69) is 9.55 Å². The number of nitrogens with zero attached hydrogens (tertiary/aromatic N) is 2. The molecular weight excluding hydrogens is 410 g/mol. The molecule has 0 unspecified atom stereocenters. The van der Waals surface area contributed by atoms with Crippen LogP contribution in [0, 0.1) is 13.8 Å². The van der Waals surface area contributed by atoms with Crippen LogP contribution in [0.4, 0.5) is 5.13 Å². The lowest BCUT2D eigenvalue weighted by Crippen LogP contribution is -2.06. The lowest BCUT2D eigenvalue weighted by molar-refractivity contribution is 0.101. The van der Waals surface area contributed by atoms with Gasteiger partial charge >= 0.3 is 5.63 Å². The molecule has 0 saturated carbocycles. The minimum absolute atomic E-state index is 0.0369. The fourth-order valence-electron chi connectivity index (χ4n) is 4.31. The van der Waals surface area contributed by atoms with Crippen molar-refractivity contribution in [3.63, 3.8) is 0 Å². The highest BCUT2D eigenvalue weighted by atomic mass is 32.1. The number of aromatic nitrogens is 2. The molecule has 0 amide bonds. The summed E-state index contributed by atoms with van der Waals surface area (Å²) >= 11 is 1.28. The molecular formula is C24H19N3O3S. The van der Waals surface area contributed by atoms with Crippen molar-refractivity contribution in [2.75, 3.05) is 5.73 Å². The van der Waals surface area contributed by atoms with Crippen molar-refractivity contribution < 1.29 is 9.21 Å². The number of ketones is 1. The molecule has 0 spiro atoms. The number of para-hydroxylation sites is 1. The van der Waals surface area contributed by atoms with Crippen LogP contribution >= 0.6 is 11.3 Å². The number of thiazole rings is 1. The SMILES string of the molecule is CC(=O)c1c(C)n(-c2ccccc2)c2cc3c(C)c(-c4csc(N)n4)c(=O)oc3cc12. The summed E-state index contributed by atoms with van der Waals surface area (Å²) in [7, 11) is 0. The van der Waals surface area contributed by atoms with E-state index in [1.807, 2.05) is 50.2 Å². The molecule has 31 heavy (non-hydrogen) atoms. The lowest BCUT2D eigenvalue weighted by Gasteiger charge is -2.10. The van der Waals surface area contributed by atoms with Gasteiger partial charge in [0.2, 0.25) is 0 Å². The van der Waals surface area contributed by atoms with E-state index in [4.69, 9.17) is 10.2 Å². The maximum absolute atomic E-state index is 12.8. The number of carbonyl (C=O) groups is 1. The van der Waals surface area contributed by atoms with E-state index >= 15 is 0 Å². The first kappa shape index (κ1) is 19.3. The zero-order chi connectivity index (χ0) is 21.9. The minimum atomic E-state index is -0.474. The third-order valence-electron chi connectivity index (χ3n) is 5.64. The summed E-state index contributed by atoms with van der Waals surface area (Å²) in [6.45, 7) is 5.36. The normalized spacial score (nSPS) is 11.5.